The molecule has 1 fully saturated rings. The van der Waals surface area contributed by atoms with E-state index in [1.165, 1.54) is 24.7 Å². The molecule has 2 aromatic heterocycles. The van der Waals surface area contributed by atoms with Crippen molar-refractivity contribution in [3.05, 3.63) is 78.3 Å². The van der Waals surface area contributed by atoms with Gasteiger partial charge < -0.3 is 24.8 Å². The highest BCUT2D eigenvalue weighted by atomic mass is 19.1. The van der Waals surface area contributed by atoms with Crippen molar-refractivity contribution < 1.29 is 27.8 Å². The number of ether oxygens (including phenoxy) is 3. The first-order valence-corrected chi connectivity index (χ1v) is 11.8. The highest BCUT2D eigenvalue weighted by Crippen LogP contribution is 2.35. The minimum absolute atomic E-state index is 0.0713. The number of carbonyl (C=O) groups is 1. The molecule has 0 saturated heterocycles. The van der Waals surface area contributed by atoms with Gasteiger partial charge in [0.2, 0.25) is 0 Å². The fourth-order valence-electron chi connectivity index (χ4n) is 3.61. The van der Waals surface area contributed by atoms with Gasteiger partial charge in [-0.3, -0.25) is 14.8 Å². The molecule has 0 spiro atoms. The topological polar surface area (TPSA) is 94.6 Å². The average molecular weight is 507 g/mol. The molecule has 0 unspecified atom stereocenters. The lowest BCUT2D eigenvalue weighted by atomic mass is 10.2. The molecule has 0 atom stereocenters. The number of carbonyl (C=O) groups excluding carboxylic acids is 1. The van der Waals surface area contributed by atoms with Crippen LogP contribution in [-0.2, 0) is 0 Å². The number of amides is 1. The molecule has 2 N–H and O–H groups in total. The van der Waals surface area contributed by atoms with Gasteiger partial charge in [0.1, 0.15) is 23.9 Å². The summed E-state index contributed by atoms with van der Waals surface area (Å²) in [5, 5.41) is 6.05. The van der Waals surface area contributed by atoms with Gasteiger partial charge in [-0.05, 0) is 44.2 Å². The Hall–Kier alpha value is -4.31. The summed E-state index contributed by atoms with van der Waals surface area (Å²) in [6, 6.07) is 10.3. The van der Waals surface area contributed by atoms with E-state index in [4.69, 9.17) is 14.2 Å². The number of fused-ring (bicyclic) bond motifs is 1. The lowest BCUT2D eigenvalue weighted by Gasteiger charge is -2.14. The summed E-state index contributed by atoms with van der Waals surface area (Å²) in [5.41, 5.74) is 0.648. The number of anilines is 1. The molecule has 1 aliphatic rings. The summed E-state index contributed by atoms with van der Waals surface area (Å²) in [5.74, 6) is -1.94. The van der Waals surface area contributed by atoms with Gasteiger partial charge in [-0.15, -0.1) is 0 Å². The molecule has 8 nitrogen and oxygen atoms in total. The predicted molar refractivity (Wildman–Crippen MR) is 133 cm³/mol. The van der Waals surface area contributed by atoms with Gasteiger partial charge in [0, 0.05) is 54.4 Å². The number of hydrogen-bond acceptors (Lipinski definition) is 7. The number of pyridine rings is 2. The van der Waals surface area contributed by atoms with Crippen molar-refractivity contribution >= 4 is 22.5 Å². The largest absolute Gasteiger partial charge is 0.492 e. The normalized spacial score (nSPS) is 12.8. The van der Waals surface area contributed by atoms with Crippen LogP contribution in [0.1, 0.15) is 23.2 Å². The van der Waals surface area contributed by atoms with Crippen LogP contribution >= 0.6 is 0 Å². The van der Waals surface area contributed by atoms with Crippen molar-refractivity contribution in [2.45, 2.75) is 18.9 Å². The summed E-state index contributed by atoms with van der Waals surface area (Å²) in [4.78, 5) is 21.0. The van der Waals surface area contributed by atoms with Gasteiger partial charge >= 0.3 is 0 Å². The standard InChI is InChI=1S/C27H24F2N4O4/c1-30-10-11-35-18-4-5-19-23(14-18)32-9-7-24(19)37-26-21(28)12-16(13-22(26)29)33-27(34)20-15-31-8-6-25(20)36-17-2-3-17/h4-9,12-15,17,30H,2-3,10-11H2,1H3,(H,33,34). The lowest BCUT2D eigenvalue weighted by molar-refractivity contribution is 0.102. The third-order valence-corrected chi connectivity index (χ3v) is 5.61. The van der Waals surface area contributed by atoms with Crippen molar-refractivity contribution in [2.24, 2.45) is 0 Å². The Bertz CT molecular complexity index is 1420. The molecular weight excluding hydrogens is 482 g/mol. The Morgan fingerprint density at radius 3 is 2.59 bits per heavy atom. The molecule has 0 aliphatic heterocycles. The van der Waals surface area contributed by atoms with Gasteiger partial charge in [-0.25, -0.2) is 8.78 Å². The molecule has 4 aromatic rings. The fourth-order valence-corrected chi connectivity index (χ4v) is 3.61. The van der Waals surface area contributed by atoms with E-state index in [0.717, 1.165) is 25.0 Å². The highest BCUT2D eigenvalue weighted by molar-refractivity contribution is 6.06. The van der Waals surface area contributed by atoms with E-state index in [1.54, 1.807) is 24.3 Å². The predicted octanol–water partition coefficient (Wildman–Crippen LogP) is 5.09. The first kappa shape index (κ1) is 24.4. The highest BCUT2D eigenvalue weighted by Gasteiger charge is 2.26. The van der Waals surface area contributed by atoms with Crippen molar-refractivity contribution in [2.75, 3.05) is 25.5 Å². The second-order valence-electron chi connectivity index (χ2n) is 8.45. The summed E-state index contributed by atoms with van der Waals surface area (Å²) < 4.78 is 46.9. The van der Waals surface area contributed by atoms with E-state index in [9.17, 15) is 13.6 Å². The zero-order chi connectivity index (χ0) is 25.8. The first-order valence-electron chi connectivity index (χ1n) is 11.8. The Morgan fingerprint density at radius 1 is 1.05 bits per heavy atom. The molecule has 37 heavy (non-hydrogen) atoms. The van der Waals surface area contributed by atoms with Gasteiger partial charge in [-0.1, -0.05) is 0 Å². The van der Waals surface area contributed by atoms with Crippen LogP contribution in [0.3, 0.4) is 0 Å². The van der Waals surface area contributed by atoms with Crippen LogP contribution in [0.15, 0.2) is 61.1 Å². The van der Waals surface area contributed by atoms with E-state index < -0.39 is 23.3 Å². The van der Waals surface area contributed by atoms with Gasteiger partial charge in [-0.2, -0.15) is 0 Å². The van der Waals surface area contributed by atoms with Crippen LogP contribution in [0, 0.1) is 11.6 Å². The minimum atomic E-state index is -0.979. The van der Waals surface area contributed by atoms with Crippen molar-refractivity contribution in [3.63, 3.8) is 0 Å². The van der Waals surface area contributed by atoms with Crippen LogP contribution in [0.4, 0.5) is 14.5 Å². The number of hydrogen-bond donors (Lipinski definition) is 2. The molecule has 2 heterocycles. The van der Waals surface area contributed by atoms with Crippen molar-refractivity contribution in [1.29, 1.82) is 0 Å². The molecule has 1 aliphatic carbocycles. The van der Waals surface area contributed by atoms with Crippen LogP contribution in [0.2, 0.25) is 0 Å². The zero-order valence-corrected chi connectivity index (χ0v) is 20.0. The average Bonchev–Trinajstić information content (AvgIpc) is 3.71. The van der Waals surface area contributed by atoms with Crippen LogP contribution in [-0.4, -0.2) is 42.2 Å². The maximum absolute atomic E-state index is 15.0. The van der Waals surface area contributed by atoms with E-state index in [2.05, 4.69) is 20.6 Å². The Kier molecular flexibility index (Phi) is 7.09. The third-order valence-electron chi connectivity index (χ3n) is 5.61. The summed E-state index contributed by atoms with van der Waals surface area (Å²) in [6.07, 6.45) is 6.25. The number of nitrogens with one attached hydrogen (secondary N) is 2. The number of rotatable bonds is 10. The third kappa shape index (κ3) is 5.75. The summed E-state index contributed by atoms with van der Waals surface area (Å²) in [6.45, 7) is 1.16. The number of benzene rings is 2. The molecule has 10 heteroatoms. The van der Waals surface area contributed by atoms with Crippen LogP contribution < -0.4 is 24.8 Å². The van der Waals surface area contributed by atoms with Gasteiger partial charge in [0.15, 0.2) is 17.4 Å². The van der Waals surface area contributed by atoms with Crippen LogP contribution in [0.25, 0.3) is 10.9 Å². The van der Waals surface area contributed by atoms with Crippen molar-refractivity contribution in [3.8, 4) is 23.0 Å². The Labute approximate surface area is 211 Å². The maximum Gasteiger partial charge on any atom is 0.261 e. The number of nitrogens with zero attached hydrogens (tertiary/aromatic N) is 2. The number of aromatic nitrogens is 2. The number of halogens is 2. The molecule has 1 saturated carbocycles. The Balaban J connectivity index is 1.34. The Morgan fingerprint density at radius 2 is 1.84 bits per heavy atom. The number of likely N-dealkylation sites (N-methyl/N-ethyl adjacent to an activating group) is 1. The second-order valence-corrected chi connectivity index (χ2v) is 8.45. The molecule has 0 radical (unpaired) electrons. The lowest BCUT2D eigenvalue weighted by Crippen LogP contribution is -2.15. The van der Waals surface area contributed by atoms with Gasteiger partial charge in [0.05, 0.1) is 17.2 Å². The fraction of sp³-hybridized carbons (Fsp3) is 0.222. The summed E-state index contributed by atoms with van der Waals surface area (Å²) >= 11 is 0. The van der Waals surface area contributed by atoms with E-state index >= 15 is 0 Å². The monoisotopic (exact) mass is 506 g/mol. The first-order chi connectivity index (χ1) is 18.0. The molecule has 190 valence electrons. The quantitative estimate of drug-likeness (QED) is 0.289. The van der Waals surface area contributed by atoms with Crippen molar-refractivity contribution in [1.82, 2.24) is 15.3 Å². The van der Waals surface area contributed by atoms with Gasteiger partial charge in [0.25, 0.3) is 5.91 Å². The zero-order valence-electron chi connectivity index (χ0n) is 20.0. The minimum Gasteiger partial charge on any atom is -0.492 e. The van der Waals surface area contributed by atoms with E-state index in [0.29, 0.717) is 35.6 Å². The maximum atomic E-state index is 15.0. The molecule has 0 bridgehead atoms. The summed E-state index contributed by atoms with van der Waals surface area (Å²) in [7, 11) is 1.83. The second kappa shape index (κ2) is 10.8. The smallest absolute Gasteiger partial charge is 0.261 e. The molecular formula is C27H24F2N4O4. The SMILES string of the molecule is CNCCOc1ccc2c(Oc3c(F)cc(NC(=O)c4cnccc4OC4CC4)cc3F)ccnc2c1. The molecule has 1 amide bonds. The van der Waals surface area contributed by atoms with E-state index in [1.807, 2.05) is 7.05 Å². The molecule has 2 aromatic carbocycles. The van der Waals surface area contributed by atoms with E-state index in [-0.39, 0.29) is 23.1 Å². The molecule has 5 rings (SSSR count). The van der Waals surface area contributed by atoms with Crippen LogP contribution in [0.5, 0.6) is 23.0 Å².